The number of aromatic nitrogens is 1. The van der Waals surface area contributed by atoms with Gasteiger partial charge in [0.15, 0.2) is 5.76 Å². The number of pyridine rings is 1. The van der Waals surface area contributed by atoms with Crippen LogP contribution in [0.4, 0.5) is 11.6 Å². The molecule has 0 saturated heterocycles. The van der Waals surface area contributed by atoms with Crippen LogP contribution in [0.3, 0.4) is 0 Å². The van der Waals surface area contributed by atoms with E-state index in [0.29, 0.717) is 11.4 Å². The fourth-order valence-electron chi connectivity index (χ4n) is 2.86. The fourth-order valence-corrected chi connectivity index (χ4v) is 2.86. The molecule has 2 aromatic carbocycles. The van der Waals surface area contributed by atoms with E-state index in [9.17, 15) is 10.1 Å². The van der Waals surface area contributed by atoms with Crippen molar-refractivity contribution in [1.29, 1.82) is 0 Å². The van der Waals surface area contributed by atoms with Crippen molar-refractivity contribution in [2.45, 2.75) is 0 Å². The zero-order valence-corrected chi connectivity index (χ0v) is 15.4. The van der Waals surface area contributed by atoms with E-state index in [2.05, 4.69) is 10.5 Å². The van der Waals surface area contributed by atoms with Gasteiger partial charge in [-0.1, -0.05) is 30.3 Å². The first-order chi connectivity index (χ1) is 14.1. The summed E-state index contributed by atoms with van der Waals surface area (Å²) in [5.74, 6) is 0.626. The standard InChI is InChI=1S/C21H16N4O4/c1-28-15-7-9-18-17(11-15)20(12-19(23-18)14-5-3-2-4-6-14)24-22-13-16-8-10-21(29-16)25(26)27/h2-13H,1H3,(H,23,24)/b22-13+. The lowest BCUT2D eigenvalue weighted by atomic mass is 10.1. The van der Waals surface area contributed by atoms with Crippen LogP contribution in [0, 0.1) is 10.1 Å². The molecule has 0 amide bonds. The third kappa shape index (κ3) is 3.91. The molecule has 0 unspecified atom stereocenters. The third-order valence-electron chi connectivity index (χ3n) is 4.25. The molecule has 2 heterocycles. The van der Waals surface area contributed by atoms with Crippen LogP contribution < -0.4 is 10.2 Å². The van der Waals surface area contributed by atoms with Crippen molar-refractivity contribution < 1.29 is 14.1 Å². The molecule has 0 fully saturated rings. The zero-order valence-electron chi connectivity index (χ0n) is 15.4. The summed E-state index contributed by atoms with van der Waals surface area (Å²) in [5, 5.41) is 15.7. The SMILES string of the molecule is COc1ccc2nc(-c3ccccc3)cc(N/N=C/c3ccc([N+](=O)[O-])o3)c2c1. The zero-order chi connectivity index (χ0) is 20.2. The number of furan rings is 1. The monoisotopic (exact) mass is 388 g/mol. The van der Waals surface area contributed by atoms with Crippen molar-refractivity contribution in [2.24, 2.45) is 5.10 Å². The second-order valence-corrected chi connectivity index (χ2v) is 6.11. The van der Waals surface area contributed by atoms with Crippen LogP contribution in [0.1, 0.15) is 5.76 Å². The number of nitro groups is 1. The van der Waals surface area contributed by atoms with E-state index in [1.165, 1.54) is 18.3 Å². The molecule has 144 valence electrons. The Kier molecular flexibility index (Phi) is 4.90. The van der Waals surface area contributed by atoms with E-state index in [1.54, 1.807) is 7.11 Å². The normalized spacial score (nSPS) is 11.1. The molecule has 8 nitrogen and oxygen atoms in total. The molecule has 1 N–H and O–H groups in total. The number of benzene rings is 2. The topological polar surface area (TPSA) is 103 Å². The molecule has 8 heteroatoms. The van der Waals surface area contributed by atoms with Crippen LogP contribution in [0.25, 0.3) is 22.2 Å². The second kappa shape index (κ2) is 7.81. The first kappa shape index (κ1) is 18.2. The smallest absolute Gasteiger partial charge is 0.433 e. The number of rotatable bonds is 6. The summed E-state index contributed by atoms with van der Waals surface area (Å²) in [6, 6.07) is 20.0. The Morgan fingerprint density at radius 2 is 1.97 bits per heavy atom. The van der Waals surface area contributed by atoms with Gasteiger partial charge in [0.25, 0.3) is 0 Å². The molecule has 0 spiro atoms. The first-order valence-corrected chi connectivity index (χ1v) is 8.71. The van der Waals surface area contributed by atoms with Gasteiger partial charge in [0.1, 0.15) is 10.7 Å². The number of hydrogen-bond donors (Lipinski definition) is 1. The average Bonchev–Trinajstić information content (AvgIpc) is 3.23. The van der Waals surface area contributed by atoms with Gasteiger partial charge in [-0.25, -0.2) is 4.98 Å². The van der Waals surface area contributed by atoms with E-state index in [-0.39, 0.29) is 11.6 Å². The maximum atomic E-state index is 10.7. The predicted octanol–water partition coefficient (Wildman–Crippen LogP) is 4.86. The number of hydrazone groups is 1. The molecule has 0 aliphatic heterocycles. The molecule has 0 aliphatic rings. The minimum Gasteiger partial charge on any atom is -0.497 e. The van der Waals surface area contributed by atoms with E-state index in [0.717, 1.165) is 22.2 Å². The number of anilines is 1. The number of nitrogens with one attached hydrogen (secondary N) is 1. The van der Waals surface area contributed by atoms with Crippen LogP contribution in [0.5, 0.6) is 5.75 Å². The van der Waals surface area contributed by atoms with Crippen LogP contribution in [-0.4, -0.2) is 23.2 Å². The summed E-state index contributed by atoms with van der Waals surface area (Å²) < 4.78 is 10.4. The highest BCUT2D eigenvalue weighted by Crippen LogP contribution is 2.31. The van der Waals surface area contributed by atoms with Crippen molar-refractivity contribution in [1.82, 2.24) is 4.98 Å². The van der Waals surface area contributed by atoms with Crippen molar-refractivity contribution in [3.63, 3.8) is 0 Å². The summed E-state index contributed by atoms with van der Waals surface area (Å²) in [6.07, 6.45) is 1.38. The summed E-state index contributed by atoms with van der Waals surface area (Å²) in [4.78, 5) is 14.9. The van der Waals surface area contributed by atoms with Gasteiger partial charge in [0.2, 0.25) is 0 Å². The summed E-state index contributed by atoms with van der Waals surface area (Å²) in [7, 11) is 1.60. The Morgan fingerprint density at radius 3 is 2.69 bits per heavy atom. The lowest BCUT2D eigenvalue weighted by Crippen LogP contribution is -1.95. The molecule has 0 atom stereocenters. The van der Waals surface area contributed by atoms with Crippen LogP contribution in [0.15, 0.2) is 76.2 Å². The van der Waals surface area contributed by atoms with Gasteiger partial charge in [0, 0.05) is 10.9 Å². The Balaban J connectivity index is 1.71. The lowest BCUT2D eigenvalue weighted by Gasteiger charge is -2.10. The summed E-state index contributed by atoms with van der Waals surface area (Å²) in [6.45, 7) is 0. The molecule has 4 rings (SSSR count). The molecular weight excluding hydrogens is 372 g/mol. The lowest BCUT2D eigenvalue weighted by molar-refractivity contribution is -0.402. The molecular formula is C21H16N4O4. The third-order valence-corrected chi connectivity index (χ3v) is 4.25. The number of ether oxygens (including phenoxy) is 1. The minimum absolute atomic E-state index is 0.267. The van der Waals surface area contributed by atoms with E-state index >= 15 is 0 Å². The molecule has 29 heavy (non-hydrogen) atoms. The fraction of sp³-hybridized carbons (Fsp3) is 0.0476. The molecule has 0 saturated carbocycles. The van der Waals surface area contributed by atoms with Gasteiger partial charge in [-0.2, -0.15) is 5.10 Å². The highest BCUT2D eigenvalue weighted by molar-refractivity contribution is 5.95. The molecule has 0 bridgehead atoms. The maximum Gasteiger partial charge on any atom is 0.433 e. The second-order valence-electron chi connectivity index (χ2n) is 6.11. The van der Waals surface area contributed by atoms with Crippen LogP contribution in [0.2, 0.25) is 0 Å². The molecule has 0 aliphatic carbocycles. The predicted molar refractivity (Wildman–Crippen MR) is 110 cm³/mol. The van der Waals surface area contributed by atoms with Crippen molar-refractivity contribution in [3.8, 4) is 17.0 Å². The highest BCUT2D eigenvalue weighted by Gasteiger charge is 2.11. The first-order valence-electron chi connectivity index (χ1n) is 8.71. The van der Waals surface area contributed by atoms with Crippen LogP contribution >= 0.6 is 0 Å². The van der Waals surface area contributed by atoms with Crippen molar-refractivity contribution in [3.05, 3.63) is 82.6 Å². The van der Waals surface area contributed by atoms with Gasteiger partial charge < -0.3 is 9.15 Å². The Hall–Kier alpha value is -4.20. The van der Waals surface area contributed by atoms with Gasteiger partial charge in [-0.3, -0.25) is 15.5 Å². The number of hydrogen-bond acceptors (Lipinski definition) is 7. The summed E-state index contributed by atoms with van der Waals surface area (Å²) >= 11 is 0. The molecule has 2 aromatic heterocycles. The van der Waals surface area contributed by atoms with Gasteiger partial charge in [-0.05, 0) is 30.3 Å². The largest absolute Gasteiger partial charge is 0.497 e. The highest BCUT2D eigenvalue weighted by atomic mass is 16.6. The Bertz CT molecular complexity index is 1200. The molecule has 0 radical (unpaired) electrons. The average molecular weight is 388 g/mol. The Labute approximate surface area is 165 Å². The van der Waals surface area contributed by atoms with Crippen molar-refractivity contribution >= 4 is 28.7 Å². The van der Waals surface area contributed by atoms with Gasteiger partial charge in [0.05, 0.1) is 36.3 Å². The minimum atomic E-state index is -0.598. The summed E-state index contributed by atoms with van der Waals surface area (Å²) in [5.41, 5.74) is 6.23. The number of methoxy groups -OCH3 is 1. The number of fused-ring (bicyclic) bond motifs is 1. The quantitative estimate of drug-likeness (QED) is 0.287. The Morgan fingerprint density at radius 1 is 1.14 bits per heavy atom. The van der Waals surface area contributed by atoms with Crippen molar-refractivity contribution in [2.75, 3.05) is 12.5 Å². The number of nitrogens with zero attached hydrogens (tertiary/aromatic N) is 3. The van der Waals surface area contributed by atoms with E-state index < -0.39 is 4.92 Å². The van der Waals surface area contributed by atoms with Gasteiger partial charge >= 0.3 is 5.88 Å². The molecule has 4 aromatic rings. The maximum absolute atomic E-state index is 10.7. The van der Waals surface area contributed by atoms with Crippen LogP contribution in [-0.2, 0) is 0 Å². The van der Waals surface area contributed by atoms with E-state index in [4.69, 9.17) is 14.1 Å². The van der Waals surface area contributed by atoms with Gasteiger partial charge in [-0.15, -0.1) is 0 Å². The van der Waals surface area contributed by atoms with E-state index in [1.807, 2.05) is 54.6 Å².